The number of aromatic carboxylic acids is 1. The molecule has 4 rings (SSSR count). The summed E-state index contributed by atoms with van der Waals surface area (Å²) in [7, 11) is 0. The minimum atomic E-state index is -0.731. The van der Waals surface area contributed by atoms with Gasteiger partial charge >= 0.3 is 5.97 Å². The molecule has 1 N–H and O–H groups in total. The second kappa shape index (κ2) is 5.35. The topological polar surface area (TPSA) is 37.3 Å². The van der Waals surface area contributed by atoms with Crippen molar-refractivity contribution in [1.29, 1.82) is 0 Å². The maximum absolute atomic E-state index is 11.6. The van der Waals surface area contributed by atoms with Gasteiger partial charge in [0.05, 0.1) is 5.56 Å². The van der Waals surface area contributed by atoms with Gasteiger partial charge < -0.3 is 5.11 Å². The Morgan fingerprint density at radius 2 is 1.95 bits per heavy atom. The Kier molecular flexibility index (Phi) is 3.49. The standard InChI is InChI=1S/C18H22O2S/c19-18(20)15-9-10-21-16-8-7-13-12-4-2-1-3-11(12)5-6-14(13)17(15)16/h9-14H,1-8H2/p+1. The average Bonchev–Trinajstić information content (AvgIpc) is 2.53. The van der Waals surface area contributed by atoms with Gasteiger partial charge in [-0.25, -0.2) is 4.79 Å². The second-order valence-electron chi connectivity index (χ2n) is 7.07. The molecule has 2 nitrogen and oxygen atoms in total. The molecule has 0 radical (unpaired) electrons. The Morgan fingerprint density at radius 1 is 1.10 bits per heavy atom. The molecule has 1 heterocycles. The minimum Gasteiger partial charge on any atom is -0.478 e. The summed E-state index contributed by atoms with van der Waals surface area (Å²) in [4.78, 5) is 13.0. The predicted molar refractivity (Wildman–Crippen MR) is 84.9 cm³/mol. The Labute approximate surface area is 130 Å². The summed E-state index contributed by atoms with van der Waals surface area (Å²) in [5, 5.41) is 11.5. The molecule has 21 heavy (non-hydrogen) atoms. The molecule has 112 valence electrons. The van der Waals surface area contributed by atoms with Gasteiger partial charge in [0.25, 0.3) is 0 Å². The van der Waals surface area contributed by atoms with Crippen LogP contribution in [0, 0.1) is 17.8 Å². The number of aryl methyl sites for hydroxylation is 1. The van der Waals surface area contributed by atoms with Crippen molar-refractivity contribution < 1.29 is 9.90 Å². The van der Waals surface area contributed by atoms with Crippen LogP contribution in [0.5, 0.6) is 0 Å². The van der Waals surface area contributed by atoms with Gasteiger partial charge in [-0.1, -0.05) is 19.3 Å². The molecule has 0 saturated heterocycles. The number of carboxylic acids is 1. The molecule has 4 unspecified atom stereocenters. The highest BCUT2D eigenvalue weighted by atomic mass is 32.1. The van der Waals surface area contributed by atoms with Gasteiger partial charge in [0.15, 0.2) is 5.38 Å². The van der Waals surface area contributed by atoms with E-state index in [-0.39, 0.29) is 0 Å². The van der Waals surface area contributed by atoms with E-state index in [4.69, 9.17) is 0 Å². The van der Waals surface area contributed by atoms with Crippen LogP contribution in [0.2, 0.25) is 0 Å². The molecule has 0 amide bonds. The number of rotatable bonds is 1. The molecule has 3 heteroatoms. The third-order valence-electron chi connectivity index (χ3n) is 6.22. The Hall–Kier alpha value is -0.960. The summed E-state index contributed by atoms with van der Waals surface area (Å²) in [5.41, 5.74) is 1.81. The van der Waals surface area contributed by atoms with E-state index in [2.05, 4.69) is 0 Å². The zero-order valence-corrected chi connectivity index (χ0v) is 13.2. The summed E-state index contributed by atoms with van der Waals surface area (Å²) in [6, 6.07) is 1.83. The summed E-state index contributed by atoms with van der Waals surface area (Å²) >= 11 is 1.77. The van der Waals surface area contributed by atoms with Crippen LogP contribution in [-0.4, -0.2) is 11.1 Å². The molecule has 2 fully saturated rings. The zero-order valence-electron chi connectivity index (χ0n) is 12.4. The minimum absolute atomic E-state index is 0.525. The van der Waals surface area contributed by atoms with Gasteiger partial charge in [-0.3, -0.25) is 0 Å². The first-order valence-corrected chi connectivity index (χ1v) is 9.30. The first kappa shape index (κ1) is 13.7. The average molecular weight is 303 g/mol. The highest BCUT2D eigenvalue weighted by Crippen LogP contribution is 2.54. The molecular formula is C18H23O2S+. The van der Waals surface area contributed by atoms with Crippen molar-refractivity contribution in [2.45, 2.75) is 57.3 Å². The number of carbonyl (C=O) groups is 1. The molecule has 1 aromatic rings. The van der Waals surface area contributed by atoms with Crippen molar-refractivity contribution >= 4 is 17.3 Å². The van der Waals surface area contributed by atoms with Gasteiger partial charge in [0.1, 0.15) is 0 Å². The lowest BCUT2D eigenvalue weighted by atomic mass is 9.57. The molecule has 0 aliphatic heterocycles. The smallest absolute Gasteiger partial charge is 0.336 e. The molecule has 0 spiro atoms. The fourth-order valence-corrected chi connectivity index (χ4v) is 6.40. The molecular weight excluding hydrogens is 280 g/mol. The molecule has 4 atom stereocenters. The number of hydrogen-bond acceptors (Lipinski definition) is 1. The lowest BCUT2D eigenvalue weighted by Crippen LogP contribution is -2.38. The maximum Gasteiger partial charge on any atom is 0.336 e. The van der Waals surface area contributed by atoms with Crippen molar-refractivity contribution in [2.75, 3.05) is 0 Å². The van der Waals surface area contributed by atoms with Crippen LogP contribution in [0.25, 0.3) is 0 Å². The van der Waals surface area contributed by atoms with Crippen molar-refractivity contribution in [3.05, 3.63) is 27.5 Å². The number of hydrogen-bond donors (Lipinski definition) is 1. The predicted octanol–water partition coefficient (Wildman–Crippen LogP) is 4.97. The van der Waals surface area contributed by atoms with E-state index in [0.717, 1.165) is 24.2 Å². The Morgan fingerprint density at radius 3 is 2.81 bits per heavy atom. The lowest BCUT2D eigenvalue weighted by Gasteiger charge is -2.47. The van der Waals surface area contributed by atoms with Crippen molar-refractivity contribution in [2.24, 2.45) is 17.8 Å². The number of carboxylic acid groups (broad SMARTS) is 1. The SMILES string of the molecule is O=C(O)c1cc[s+]c2c1C1CCC3CCCCC3C1CC2. The molecule has 1 aromatic heterocycles. The fourth-order valence-electron chi connectivity index (χ4n) is 5.41. The van der Waals surface area contributed by atoms with Crippen LogP contribution < -0.4 is 0 Å². The molecule has 3 aliphatic carbocycles. The third kappa shape index (κ3) is 2.21. The van der Waals surface area contributed by atoms with Crippen LogP contribution in [0.1, 0.15) is 71.7 Å². The van der Waals surface area contributed by atoms with Crippen molar-refractivity contribution in [3.8, 4) is 0 Å². The first-order valence-electron chi connectivity index (χ1n) is 8.42. The third-order valence-corrected chi connectivity index (χ3v) is 7.21. The quantitative estimate of drug-likeness (QED) is 0.743. The molecule has 0 bridgehead atoms. The van der Waals surface area contributed by atoms with E-state index in [9.17, 15) is 9.90 Å². The maximum atomic E-state index is 11.6. The monoisotopic (exact) mass is 303 g/mol. The highest BCUT2D eigenvalue weighted by molar-refractivity contribution is 7.09. The van der Waals surface area contributed by atoms with E-state index in [1.165, 1.54) is 55.4 Å². The summed E-state index contributed by atoms with van der Waals surface area (Å²) in [6.07, 6.45) is 10.5. The van der Waals surface area contributed by atoms with Gasteiger partial charge in [0, 0.05) is 18.1 Å². The largest absolute Gasteiger partial charge is 0.478 e. The second-order valence-corrected chi connectivity index (χ2v) is 8.07. The van der Waals surface area contributed by atoms with Gasteiger partial charge in [0.2, 0.25) is 16.2 Å². The van der Waals surface area contributed by atoms with E-state index >= 15 is 0 Å². The van der Waals surface area contributed by atoms with Gasteiger partial charge in [-0.15, -0.1) is 0 Å². The summed E-state index contributed by atoms with van der Waals surface area (Å²) < 4.78 is 0. The van der Waals surface area contributed by atoms with Gasteiger partial charge in [-0.05, 0) is 49.4 Å². The van der Waals surface area contributed by atoms with E-state index in [1.807, 2.05) is 11.4 Å². The van der Waals surface area contributed by atoms with E-state index in [0.29, 0.717) is 11.5 Å². The van der Waals surface area contributed by atoms with Crippen LogP contribution in [0.15, 0.2) is 11.4 Å². The van der Waals surface area contributed by atoms with Gasteiger partial charge in [-0.2, -0.15) is 0 Å². The van der Waals surface area contributed by atoms with Crippen LogP contribution in [0.4, 0.5) is 0 Å². The molecule has 3 aliphatic rings. The zero-order chi connectivity index (χ0) is 14.4. The Bertz CT molecular complexity index is 568. The summed E-state index contributed by atoms with van der Waals surface area (Å²) in [5.74, 6) is 2.35. The van der Waals surface area contributed by atoms with Crippen LogP contribution >= 0.6 is 11.3 Å². The van der Waals surface area contributed by atoms with Crippen LogP contribution in [0.3, 0.4) is 0 Å². The highest BCUT2D eigenvalue weighted by Gasteiger charge is 2.46. The number of fused-ring (bicyclic) bond motifs is 5. The van der Waals surface area contributed by atoms with E-state index < -0.39 is 5.97 Å². The molecule has 0 aromatic carbocycles. The van der Waals surface area contributed by atoms with Crippen LogP contribution in [-0.2, 0) is 6.42 Å². The normalized spacial score (nSPS) is 34.5. The first-order chi connectivity index (χ1) is 10.3. The fraction of sp³-hybridized carbons (Fsp3) is 0.667. The Balaban J connectivity index is 1.74. The molecule has 2 saturated carbocycles. The van der Waals surface area contributed by atoms with Crippen molar-refractivity contribution in [1.82, 2.24) is 0 Å². The lowest BCUT2D eigenvalue weighted by molar-refractivity contribution is 0.0659. The van der Waals surface area contributed by atoms with E-state index in [1.54, 1.807) is 11.3 Å². The summed E-state index contributed by atoms with van der Waals surface area (Å²) in [6.45, 7) is 0. The van der Waals surface area contributed by atoms with Crippen molar-refractivity contribution in [3.63, 3.8) is 0 Å².